The van der Waals surface area contributed by atoms with E-state index in [-0.39, 0.29) is 50.3 Å². The van der Waals surface area contributed by atoms with Crippen LogP contribution in [0.5, 0.6) is 5.75 Å². The molecule has 0 bridgehead atoms. The van der Waals surface area contributed by atoms with Gasteiger partial charge >= 0.3 is 24.1 Å². The molecule has 2 amide bonds. The van der Waals surface area contributed by atoms with Crippen LogP contribution in [0.2, 0.25) is 0 Å². The normalized spacial score (nSPS) is 14.2. The fraction of sp³-hybridized carbons (Fsp3) is 0.207. The summed E-state index contributed by atoms with van der Waals surface area (Å²) in [6.45, 7) is -0.271. The summed E-state index contributed by atoms with van der Waals surface area (Å²) in [7, 11) is -4.87. The lowest BCUT2D eigenvalue weighted by molar-refractivity contribution is -0.138. The van der Waals surface area contributed by atoms with Gasteiger partial charge in [0.05, 0.1) is 13.1 Å². The van der Waals surface area contributed by atoms with Gasteiger partial charge in [-0.3, -0.25) is 28.7 Å². The van der Waals surface area contributed by atoms with E-state index < -0.39 is 71.1 Å². The monoisotopic (exact) mass is 644 g/mol. The number of carboxylic acids is 2. The summed E-state index contributed by atoms with van der Waals surface area (Å²) in [4.78, 5) is 59.4. The van der Waals surface area contributed by atoms with E-state index in [4.69, 9.17) is 10.2 Å². The number of rotatable bonds is 11. The Morgan fingerprint density at radius 1 is 0.822 bits per heavy atom. The second-order valence-electron chi connectivity index (χ2n) is 9.99. The molecule has 1 aliphatic rings. The highest BCUT2D eigenvalue weighted by Gasteiger charge is 2.28. The van der Waals surface area contributed by atoms with E-state index in [1.165, 1.54) is 56.3 Å². The molecule has 0 aliphatic heterocycles. The molecule has 16 heteroatoms. The number of carbonyl (C=O) groups is 5. The molecule has 0 spiro atoms. The van der Waals surface area contributed by atoms with E-state index in [1.54, 1.807) is 0 Å². The summed E-state index contributed by atoms with van der Waals surface area (Å²) >= 11 is 0. The number of aliphatic carboxylic acids is 2. The van der Waals surface area contributed by atoms with Gasteiger partial charge in [-0.2, -0.15) is 8.42 Å². The zero-order valence-electron chi connectivity index (χ0n) is 23.8. The first kappa shape index (κ1) is 34.0. The lowest BCUT2D eigenvalue weighted by atomic mass is 9.85. The largest absolute Gasteiger partial charge is 0.507 e. The van der Waals surface area contributed by atoms with Gasteiger partial charge in [0, 0.05) is 16.7 Å². The van der Waals surface area contributed by atoms with E-state index in [0.29, 0.717) is 9.80 Å². The minimum atomic E-state index is -4.87. The topological polar surface area (TPSA) is 247 Å². The van der Waals surface area contributed by atoms with Crippen LogP contribution >= 0.6 is 0 Å². The van der Waals surface area contributed by atoms with Gasteiger partial charge in [0.25, 0.3) is 10.1 Å². The van der Waals surface area contributed by atoms with E-state index in [2.05, 4.69) is 0 Å². The fourth-order valence-corrected chi connectivity index (χ4v) is 5.42. The van der Waals surface area contributed by atoms with Crippen LogP contribution in [0, 0.1) is 6.92 Å². The molecule has 45 heavy (non-hydrogen) atoms. The predicted molar refractivity (Wildman–Crippen MR) is 155 cm³/mol. The fourth-order valence-electron chi connectivity index (χ4n) is 4.72. The van der Waals surface area contributed by atoms with Gasteiger partial charge in [0.2, 0.25) is 0 Å². The number of carbonyl (C=O) groups excluding carboxylic acids is 1. The smallest absolute Gasteiger partial charge is 0.408 e. The Morgan fingerprint density at radius 3 is 1.91 bits per heavy atom. The highest BCUT2D eigenvalue weighted by Crippen LogP contribution is 2.38. The predicted octanol–water partition coefficient (Wildman–Crippen LogP) is 2.83. The van der Waals surface area contributed by atoms with Crippen LogP contribution in [0.4, 0.5) is 9.59 Å². The molecular formula is C29H28N2O13S. The third kappa shape index (κ3) is 8.12. The van der Waals surface area contributed by atoms with E-state index in [1.807, 2.05) is 0 Å². The van der Waals surface area contributed by atoms with E-state index in [9.17, 15) is 52.3 Å². The molecule has 0 saturated carbocycles. The van der Waals surface area contributed by atoms with Crippen LogP contribution in [-0.4, -0.2) is 97.8 Å². The zero-order chi connectivity index (χ0) is 33.8. The van der Waals surface area contributed by atoms with Crippen molar-refractivity contribution in [2.45, 2.75) is 25.3 Å². The van der Waals surface area contributed by atoms with Gasteiger partial charge in [0.1, 0.15) is 23.7 Å². The molecule has 238 valence electrons. The number of nitrogens with zero attached hydrogens (tertiary/aromatic N) is 2. The first-order valence-electron chi connectivity index (χ1n) is 12.9. The minimum Gasteiger partial charge on any atom is -0.507 e. The summed E-state index contributed by atoms with van der Waals surface area (Å²) in [6.07, 6.45) is -0.626. The molecule has 1 aliphatic carbocycles. The number of hydrogen-bond donors (Lipinski definition) is 6. The van der Waals surface area contributed by atoms with Crippen molar-refractivity contribution in [1.29, 1.82) is 0 Å². The van der Waals surface area contributed by atoms with Crippen LogP contribution in [0.1, 0.15) is 29.2 Å². The van der Waals surface area contributed by atoms with Crippen molar-refractivity contribution in [3.05, 3.63) is 87.5 Å². The average Bonchev–Trinajstić information content (AvgIpc) is 2.92. The lowest BCUT2D eigenvalue weighted by Gasteiger charge is -2.24. The molecule has 2 aromatic rings. The number of Topliss-reactive ketones (excluding diaryl/α,β-unsaturated/α-hetero) is 1. The molecule has 6 N–H and O–H groups in total. The van der Waals surface area contributed by atoms with Crippen LogP contribution in [0.15, 0.2) is 70.2 Å². The molecule has 0 saturated heterocycles. The number of benzene rings is 2. The quantitative estimate of drug-likeness (QED) is 0.193. The summed E-state index contributed by atoms with van der Waals surface area (Å²) in [5, 5.41) is 48.1. The number of carboxylic acid groups (broad SMARTS) is 4. The number of phenols is 1. The molecule has 0 radical (unpaired) electrons. The molecule has 0 aromatic heterocycles. The second-order valence-corrected chi connectivity index (χ2v) is 11.4. The Balaban J connectivity index is 2.41. The summed E-state index contributed by atoms with van der Waals surface area (Å²) in [5.74, 6) is -3.93. The first-order chi connectivity index (χ1) is 20.9. The SMILES string of the molecule is CC1=C/C(=C(\c2cc(C)c(O)c(CN(CC(=O)O)C(=O)O)c2)c2ccccc2S(=O)(=O)O)C=C(CN(CC(=O)O)C(=O)O)C1=O. The van der Waals surface area contributed by atoms with Crippen molar-refractivity contribution < 1.29 is 62.5 Å². The zero-order valence-corrected chi connectivity index (χ0v) is 24.6. The Labute approximate surface area is 256 Å². The maximum Gasteiger partial charge on any atom is 0.408 e. The number of aromatic hydroxyl groups is 1. The molecule has 0 unspecified atom stereocenters. The van der Waals surface area contributed by atoms with Gasteiger partial charge in [-0.1, -0.05) is 18.2 Å². The van der Waals surface area contributed by atoms with Gasteiger partial charge in [0.15, 0.2) is 5.78 Å². The van der Waals surface area contributed by atoms with Crippen molar-refractivity contribution in [2.24, 2.45) is 0 Å². The molecular weight excluding hydrogens is 616 g/mol. The second kappa shape index (κ2) is 13.4. The summed E-state index contributed by atoms with van der Waals surface area (Å²) in [5.41, 5.74) is 0.215. The highest BCUT2D eigenvalue weighted by molar-refractivity contribution is 7.86. The molecule has 3 rings (SSSR count). The number of amides is 2. The molecule has 2 aromatic carbocycles. The van der Waals surface area contributed by atoms with Crippen molar-refractivity contribution in [1.82, 2.24) is 9.80 Å². The first-order valence-corrected chi connectivity index (χ1v) is 14.3. The number of aryl methyl sites for hydroxylation is 1. The van der Waals surface area contributed by atoms with Crippen LogP contribution in [0.25, 0.3) is 5.57 Å². The Kier molecular flexibility index (Phi) is 10.2. The standard InChI is InChI=1S/C29H28N2O13S/c1-15-7-17(9-19(26(15)36)11-30(28(38)39)13-23(32)33)25(21-5-3-4-6-22(21)45(42,43)44)18-8-16(2)27(37)20(10-18)12-31(29(40)41)14-24(34)35/h3-10,36H,11-14H2,1-2H3,(H,32,33)(H,34,35)(H,38,39)(H,40,41)(H,42,43,44)/b25-18-. The van der Waals surface area contributed by atoms with Crippen molar-refractivity contribution in [2.75, 3.05) is 19.6 Å². The third-order valence-electron chi connectivity index (χ3n) is 6.66. The summed E-state index contributed by atoms with van der Waals surface area (Å²) < 4.78 is 34.9. The number of ketones is 1. The van der Waals surface area contributed by atoms with Crippen LogP contribution in [-0.2, 0) is 31.0 Å². The van der Waals surface area contributed by atoms with Gasteiger partial charge in [-0.05, 0) is 72.0 Å². The van der Waals surface area contributed by atoms with Crippen LogP contribution in [0.3, 0.4) is 0 Å². The number of hydrogen-bond acceptors (Lipinski definition) is 8. The molecule has 0 heterocycles. The minimum absolute atomic E-state index is 0.0390. The third-order valence-corrected chi connectivity index (χ3v) is 7.57. The average molecular weight is 645 g/mol. The molecule has 0 fully saturated rings. The lowest BCUT2D eigenvalue weighted by Crippen LogP contribution is -2.37. The van der Waals surface area contributed by atoms with Crippen LogP contribution < -0.4 is 0 Å². The Morgan fingerprint density at radius 2 is 1.38 bits per heavy atom. The highest BCUT2D eigenvalue weighted by atomic mass is 32.2. The van der Waals surface area contributed by atoms with Crippen molar-refractivity contribution >= 4 is 45.6 Å². The maximum atomic E-state index is 13.1. The Hall–Kier alpha value is -5.48. The summed E-state index contributed by atoms with van der Waals surface area (Å²) in [6, 6.07) is 7.92. The Bertz CT molecular complexity index is 1810. The number of allylic oxidation sites excluding steroid dienone is 4. The van der Waals surface area contributed by atoms with Crippen molar-refractivity contribution in [3.8, 4) is 5.75 Å². The van der Waals surface area contributed by atoms with Gasteiger partial charge in [-0.25, -0.2) is 9.59 Å². The van der Waals surface area contributed by atoms with E-state index in [0.717, 1.165) is 6.07 Å². The number of phenolic OH excluding ortho intramolecular Hbond substituents is 1. The van der Waals surface area contributed by atoms with E-state index >= 15 is 0 Å². The molecule has 15 nitrogen and oxygen atoms in total. The molecule has 0 atom stereocenters. The van der Waals surface area contributed by atoms with Gasteiger partial charge in [-0.15, -0.1) is 0 Å². The van der Waals surface area contributed by atoms with Crippen molar-refractivity contribution in [3.63, 3.8) is 0 Å². The van der Waals surface area contributed by atoms with Gasteiger partial charge < -0.3 is 25.5 Å². The maximum absolute atomic E-state index is 13.1.